The van der Waals surface area contributed by atoms with E-state index in [9.17, 15) is 0 Å². The van der Waals surface area contributed by atoms with Crippen molar-refractivity contribution < 1.29 is 4.42 Å². The largest absolute Gasteiger partial charge is 0.468 e. The average molecular weight is 233 g/mol. The fourth-order valence-electron chi connectivity index (χ4n) is 4.06. The monoisotopic (exact) mass is 233 g/mol. The average Bonchev–Trinajstić information content (AvgIpc) is 2.79. The van der Waals surface area contributed by atoms with Gasteiger partial charge in [-0.05, 0) is 48.1 Å². The van der Waals surface area contributed by atoms with Gasteiger partial charge in [0.15, 0.2) is 0 Å². The van der Waals surface area contributed by atoms with Crippen molar-refractivity contribution in [2.75, 3.05) is 0 Å². The highest BCUT2D eigenvalue weighted by Gasteiger charge is 2.55. The fourth-order valence-corrected chi connectivity index (χ4v) is 4.06. The molecule has 3 aliphatic rings. The third-order valence-corrected chi connectivity index (χ3v) is 5.47. The zero-order valence-corrected chi connectivity index (χ0v) is 11.1. The lowest BCUT2D eigenvalue weighted by atomic mass is 9.45. The van der Waals surface area contributed by atoms with Crippen molar-refractivity contribution in [1.82, 2.24) is 5.32 Å². The van der Waals surface area contributed by atoms with E-state index < -0.39 is 0 Å². The molecular formula is C15H23NO. The van der Waals surface area contributed by atoms with E-state index in [0.29, 0.717) is 11.5 Å². The number of furan rings is 1. The molecule has 1 aromatic heterocycles. The summed E-state index contributed by atoms with van der Waals surface area (Å²) in [4.78, 5) is 0. The van der Waals surface area contributed by atoms with E-state index in [4.69, 9.17) is 4.42 Å². The van der Waals surface area contributed by atoms with Crippen molar-refractivity contribution >= 4 is 0 Å². The summed E-state index contributed by atoms with van der Waals surface area (Å²) in [6, 6.07) is 4.68. The fraction of sp³-hybridized carbons (Fsp3) is 0.733. The Labute approximate surface area is 104 Å². The highest BCUT2D eigenvalue weighted by atomic mass is 16.3. The molecule has 1 heterocycles. The summed E-state index contributed by atoms with van der Waals surface area (Å²) in [7, 11) is 0. The summed E-state index contributed by atoms with van der Waals surface area (Å²) >= 11 is 0. The topological polar surface area (TPSA) is 25.2 Å². The van der Waals surface area contributed by atoms with Gasteiger partial charge in [0.05, 0.1) is 12.8 Å². The maximum Gasteiger partial charge on any atom is 0.117 e. The van der Waals surface area contributed by atoms with Crippen molar-refractivity contribution in [1.29, 1.82) is 0 Å². The third kappa shape index (κ3) is 1.74. The van der Waals surface area contributed by atoms with Crippen LogP contribution in [0.4, 0.5) is 0 Å². The molecule has 0 aromatic carbocycles. The maximum absolute atomic E-state index is 5.38. The molecule has 94 valence electrons. The molecule has 1 N–H and O–H groups in total. The van der Waals surface area contributed by atoms with Crippen molar-refractivity contribution in [2.45, 2.75) is 46.2 Å². The SMILES string of the molecule is C[C@@H]1[C@H]2C[C@@H](C[C@H]1NCc1ccco1)C2(C)C. The summed E-state index contributed by atoms with van der Waals surface area (Å²) in [5.41, 5.74) is 0.586. The van der Waals surface area contributed by atoms with Gasteiger partial charge in [-0.15, -0.1) is 0 Å². The van der Waals surface area contributed by atoms with E-state index in [1.165, 1.54) is 12.8 Å². The molecule has 0 radical (unpaired) electrons. The molecule has 0 amide bonds. The minimum Gasteiger partial charge on any atom is -0.468 e. The molecule has 2 heteroatoms. The highest BCUT2D eigenvalue weighted by Crippen LogP contribution is 2.61. The Kier molecular flexibility index (Phi) is 2.58. The van der Waals surface area contributed by atoms with Gasteiger partial charge in [-0.3, -0.25) is 0 Å². The quantitative estimate of drug-likeness (QED) is 0.865. The first-order valence-corrected chi connectivity index (χ1v) is 6.85. The molecule has 0 unspecified atom stereocenters. The Morgan fingerprint density at radius 2 is 2.24 bits per heavy atom. The first-order valence-electron chi connectivity index (χ1n) is 6.85. The Balaban J connectivity index is 1.60. The van der Waals surface area contributed by atoms with E-state index in [1.54, 1.807) is 6.26 Å². The van der Waals surface area contributed by atoms with Gasteiger partial charge >= 0.3 is 0 Å². The van der Waals surface area contributed by atoms with Crippen LogP contribution in [0.5, 0.6) is 0 Å². The number of hydrogen-bond acceptors (Lipinski definition) is 2. The van der Waals surface area contributed by atoms with E-state index >= 15 is 0 Å². The van der Waals surface area contributed by atoms with Crippen LogP contribution in [-0.4, -0.2) is 6.04 Å². The molecule has 0 saturated heterocycles. The Morgan fingerprint density at radius 1 is 1.41 bits per heavy atom. The molecule has 4 rings (SSSR count). The van der Waals surface area contributed by atoms with E-state index in [-0.39, 0.29) is 0 Å². The van der Waals surface area contributed by atoms with Crippen LogP contribution in [0.15, 0.2) is 22.8 Å². The molecule has 0 aliphatic heterocycles. The van der Waals surface area contributed by atoms with Gasteiger partial charge in [-0.2, -0.15) is 0 Å². The van der Waals surface area contributed by atoms with Gasteiger partial charge in [-0.25, -0.2) is 0 Å². The molecule has 3 fully saturated rings. The Bertz CT molecular complexity index is 382. The van der Waals surface area contributed by atoms with Crippen LogP contribution in [0.2, 0.25) is 0 Å². The smallest absolute Gasteiger partial charge is 0.117 e. The van der Waals surface area contributed by atoms with Crippen LogP contribution in [0, 0.1) is 23.2 Å². The van der Waals surface area contributed by atoms with Crippen LogP contribution in [0.25, 0.3) is 0 Å². The van der Waals surface area contributed by atoms with Gasteiger partial charge in [0, 0.05) is 6.04 Å². The summed E-state index contributed by atoms with van der Waals surface area (Å²) in [5.74, 6) is 3.69. The molecule has 4 atom stereocenters. The van der Waals surface area contributed by atoms with Gasteiger partial charge in [0.1, 0.15) is 5.76 Å². The molecule has 3 saturated carbocycles. The zero-order valence-electron chi connectivity index (χ0n) is 11.1. The van der Waals surface area contributed by atoms with Gasteiger partial charge in [-0.1, -0.05) is 20.8 Å². The van der Waals surface area contributed by atoms with Crippen LogP contribution in [0.3, 0.4) is 0 Å². The van der Waals surface area contributed by atoms with E-state index in [1.807, 2.05) is 12.1 Å². The first kappa shape index (κ1) is 11.3. The Hall–Kier alpha value is -0.760. The Morgan fingerprint density at radius 3 is 2.82 bits per heavy atom. The van der Waals surface area contributed by atoms with Crippen molar-refractivity contribution in [3.05, 3.63) is 24.2 Å². The predicted octanol–water partition coefficient (Wildman–Crippen LogP) is 3.44. The number of hydrogen-bond donors (Lipinski definition) is 1. The van der Waals surface area contributed by atoms with Crippen LogP contribution in [-0.2, 0) is 6.54 Å². The second kappa shape index (κ2) is 3.88. The zero-order chi connectivity index (χ0) is 12.0. The van der Waals surface area contributed by atoms with Crippen LogP contribution in [0.1, 0.15) is 39.4 Å². The molecule has 2 bridgehead atoms. The number of fused-ring (bicyclic) bond motifs is 2. The van der Waals surface area contributed by atoms with Crippen LogP contribution < -0.4 is 5.32 Å². The minimum atomic E-state index is 0.586. The second-order valence-electron chi connectivity index (χ2n) is 6.52. The summed E-state index contributed by atoms with van der Waals surface area (Å²) < 4.78 is 5.38. The molecule has 17 heavy (non-hydrogen) atoms. The van der Waals surface area contributed by atoms with Crippen LogP contribution >= 0.6 is 0 Å². The van der Waals surface area contributed by atoms with E-state index in [0.717, 1.165) is 30.1 Å². The van der Waals surface area contributed by atoms with Gasteiger partial charge in [0.2, 0.25) is 0 Å². The van der Waals surface area contributed by atoms with Gasteiger partial charge in [0.25, 0.3) is 0 Å². The lowest BCUT2D eigenvalue weighted by Crippen LogP contribution is -2.59. The maximum atomic E-state index is 5.38. The second-order valence-corrected chi connectivity index (χ2v) is 6.52. The van der Waals surface area contributed by atoms with Crippen molar-refractivity contribution in [3.63, 3.8) is 0 Å². The van der Waals surface area contributed by atoms with Crippen molar-refractivity contribution in [2.24, 2.45) is 23.2 Å². The standard InChI is InChI=1S/C15H23NO/c1-10-13-7-11(15(13,2)3)8-14(10)16-9-12-5-4-6-17-12/h4-6,10-11,13-14,16H,7-9H2,1-3H3/t10-,11+,13-,14-/m1/s1. The number of nitrogens with one attached hydrogen (secondary N) is 1. The normalized spacial score (nSPS) is 38.8. The molecule has 1 aromatic rings. The lowest BCUT2D eigenvalue weighted by Gasteiger charge is -2.62. The van der Waals surface area contributed by atoms with E-state index in [2.05, 4.69) is 26.1 Å². The molecular weight excluding hydrogens is 210 g/mol. The predicted molar refractivity (Wildman–Crippen MR) is 68.5 cm³/mol. The summed E-state index contributed by atoms with van der Waals surface area (Å²) in [5, 5.41) is 3.68. The minimum absolute atomic E-state index is 0.586. The number of rotatable bonds is 3. The molecule has 2 nitrogen and oxygen atoms in total. The summed E-state index contributed by atoms with van der Waals surface area (Å²) in [6.07, 6.45) is 4.54. The third-order valence-electron chi connectivity index (χ3n) is 5.47. The van der Waals surface area contributed by atoms with Crippen molar-refractivity contribution in [3.8, 4) is 0 Å². The van der Waals surface area contributed by atoms with Gasteiger partial charge < -0.3 is 9.73 Å². The lowest BCUT2D eigenvalue weighted by molar-refractivity contribution is -0.115. The molecule has 0 spiro atoms. The molecule has 3 aliphatic carbocycles. The highest BCUT2D eigenvalue weighted by molar-refractivity contribution is 5.07. The first-order chi connectivity index (χ1) is 8.09. The summed E-state index contributed by atoms with van der Waals surface area (Å²) in [6.45, 7) is 8.19.